The molecule has 2 amide bonds. The zero-order chi connectivity index (χ0) is 19.3. The molecule has 0 atom stereocenters. The van der Waals surface area contributed by atoms with Crippen molar-refractivity contribution in [1.82, 2.24) is 10.2 Å². The maximum atomic E-state index is 13.0. The van der Waals surface area contributed by atoms with E-state index in [0.29, 0.717) is 36.7 Å². The van der Waals surface area contributed by atoms with Crippen LogP contribution in [0.25, 0.3) is 0 Å². The summed E-state index contributed by atoms with van der Waals surface area (Å²) < 4.78 is 11.2. The number of ether oxygens (including phenoxy) is 2. The lowest BCUT2D eigenvalue weighted by atomic mass is 9.73. The Hall–Kier alpha value is -2.24. The van der Waals surface area contributed by atoms with Gasteiger partial charge < -0.3 is 19.7 Å². The van der Waals surface area contributed by atoms with E-state index in [1.54, 1.807) is 6.07 Å². The van der Waals surface area contributed by atoms with Crippen molar-refractivity contribution in [3.05, 3.63) is 23.8 Å². The average Bonchev–Trinajstić information content (AvgIpc) is 2.85. The van der Waals surface area contributed by atoms with Crippen LogP contribution in [-0.2, 0) is 4.79 Å². The van der Waals surface area contributed by atoms with Crippen LogP contribution in [0.4, 0.5) is 0 Å². The second-order valence-electron chi connectivity index (χ2n) is 7.42. The highest BCUT2D eigenvalue weighted by atomic mass is 16.5. The van der Waals surface area contributed by atoms with Crippen molar-refractivity contribution in [2.75, 3.05) is 32.8 Å². The van der Waals surface area contributed by atoms with Gasteiger partial charge in [-0.1, -0.05) is 0 Å². The fourth-order valence-corrected chi connectivity index (χ4v) is 4.11. The lowest BCUT2D eigenvalue weighted by Crippen LogP contribution is -2.43. The highest BCUT2D eigenvalue weighted by Crippen LogP contribution is 2.40. The number of rotatable bonds is 5. The molecule has 0 aromatic heterocycles. The molecule has 0 aliphatic carbocycles. The number of likely N-dealkylation sites (tertiary alicyclic amines) is 1. The number of nitrogens with one attached hydrogen (secondary N) is 1. The molecule has 1 N–H and O–H groups in total. The average molecular weight is 374 g/mol. The summed E-state index contributed by atoms with van der Waals surface area (Å²) in [6.45, 7) is 7.16. The number of amides is 2. The Bertz CT molecular complexity index is 681. The number of carbonyl (C=O) groups is 2. The van der Waals surface area contributed by atoms with Crippen LogP contribution in [0, 0.1) is 5.41 Å². The molecular formula is C21H30N2O4. The molecule has 0 bridgehead atoms. The van der Waals surface area contributed by atoms with Crippen LogP contribution in [0.3, 0.4) is 0 Å². The molecule has 6 heteroatoms. The Kier molecular flexibility index (Phi) is 6.24. The van der Waals surface area contributed by atoms with Crippen LogP contribution >= 0.6 is 0 Å². The van der Waals surface area contributed by atoms with E-state index in [-0.39, 0.29) is 17.2 Å². The molecule has 2 aliphatic heterocycles. The molecular weight excluding hydrogens is 344 g/mol. The van der Waals surface area contributed by atoms with Crippen LogP contribution < -0.4 is 14.8 Å². The molecule has 1 spiro atoms. The predicted molar refractivity (Wildman–Crippen MR) is 103 cm³/mol. The van der Waals surface area contributed by atoms with Gasteiger partial charge in [-0.15, -0.1) is 0 Å². The van der Waals surface area contributed by atoms with Gasteiger partial charge in [0.25, 0.3) is 5.91 Å². The van der Waals surface area contributed by atoms with Gasteiger partial charge in [0.15, 0.2) is 11.5 Å². The molecule has 0 radical (unpaired) electrons. The molecule has 2 heterocycles. The van der Waals surface area contributed by atoms with E-state index in [1.165, 1.54) is 0 Å². The van der Waals surface area contributed by atoms with Crippen LogP contribution in [0.15, 0.2) is 18.2 Å². The first-order valence-electron chi connectivity index (χ1n) is 10.0. The molecule has 2 saturated heterocycles. The number of nitrogens with zero attached hydrogens (tertiary/aromatic N) is 1. The van der Waals surface area contributed by atoms with Gasteiger partial charge in [0.2, 0.25) is 5.91 Å². The maximum Gasteiger partial charge on any atom is 0.253 e. The Morgan fingerprint density at radius 2 is 1.78 bits per heavy atom. The van der Waals surface area contributed by atoms with Gasteiger partial charge in [-0.05, 0) is 63.1 Å². The highest BCUT2D eigenvalue weighted by molar-refractivity contribution is 5.95. The first-order chi connectivity index (χ1) is 13.1. The van der Waals surface area contributed by atoms with Crippen molar-refractivity contribution in [3.8, 4) is 11.5 Å². The minimum Gasteiger partial charge on any atom is -0.490 e. The SMILES string of the molecule is CCOc1ccc(C(=O)N2CCC3(CCNC(=O)CC3)CC2)cc1OCC. The van der Waals surface area contributed by atoms with Crippen molar-refractivity contribution in [2.45, 2.75) is 46.0 Å². The van der Waals surface area contributed by atoms with Crippen LogP contribution in [0.5, 0.6) is 11.5 Å². The lowest BCUT2D eigenvalue weighted by Gasteiger charge is -2.41. The van der Waals surface area contributed by atoms with Gasteiger partial charge in [-0.3, -0.25) is 9.59 Å². The third kappa shape index (κ3) is 4.54. The molecule has 6 nitrogen and oxygen atoms in total. The Morgan fingerprint density at radius 3 is 2.48 bits per heavy atom. The topological polar surface area (TPSA) is 67.9 Å². The highest BCUT2D eigenvalue weighted by Gasteiger charge is 2.37. The second-order valence-corrected chi connectivity index (χ2v) is 7.42. The Labute approximate surface area is 161 Å². The van der Waals surface area contributed by atoms with Gasteiger partial charge in [-0.2, -0.15) is 0 Å². The summed E-state index contributed by atoms with van der Waals surface area (Å²) >= 11 is 0. The quantitative estimate of drug-likeness (QED) is 0.860. The van der Waals surface area contributed by atoms with E-state index < -0.39 is 0 Å². The smallest absolute Gasteiger partial charge is 0.253 e. The Balaban J connectivity index is 1.66. The number of hydrogen-bond donors (Lipinski definition) is 1. The van der Waals surface area contributed by atoms with Crippen LogP contribution in [-0.4, -0.2) is 49.6 Å². The summed E-state index contributed by atoms with van der Waals surface area (Å²) in [6.07, 6.45) is 4.47. The fourth-order valence-electron chi connectivity index (χ4n) is 4.11. The van der Waals surface area contributed by atoms with Crippen molar-refractivity contribution in [3.63, 3.8) is 0 Å². The van der Waals surface area contributed by atoms with E-state index in [0.717, 1.165) is 45.3 Å². The van der Waals surface area contributed by atoms with Crippen molar-refractivity contribution in [1.29, 1.82) is 0 Å². The summed E-state index contributed by atoms with van der Waals surface area (Å²) in [5, 5.41) is 2.96. The number of hydrogen-bond acceptors (Lipinski definition) is 4. The standard InChI is InChI=1S/C21H30N2O4/c1-3-26-17-6-5-16(15-18(17)27-4-2)20(25)23-13-10-21(11-14-23)8-7-19(24)22-12-9-21/h5-6,15H,3-4,7-14H2,1-2H3,(H,22,24). The zero-order valence-electron chi connectivity index (χ0n) is 16.4. The molecule has 148 valence electrons. The molecule has 2 fully saturated rings. The van der Waals surface area contributed by atoms with Gasteiger partial charge in [0.1, 0.15) is 0 Å². The largest absolute Gasteiger partial charge is 0.490 e. The second kappa shape index (κ2) is 8.63. The van der Waals surface area contributed by atoms with Gasteiger partial charge in [-0.25, -0.2) is 0 Å². The van der Waals surface area contributed by atoms with E-state index in [9.17, 15) is 9.59 Å². The first kappa shape index (κ1) is 19.5. The normalized spacial score (nSPS) is 19.3. The molecule has 3 rings (SSSR count). The third-order valence-corrected chi connectivity index (χ3v) is 5.76. The maximum absolute atomic E-state index is 13.0. The summed E-state index contributed by atoms with van der Waals surface area (Å²) in [5.41, 5.74) is 0.834. The number of carbonyl (C=O) groups excluding carboxylic acids is 2. The first-order valence-corrected chi connectivity index (χ1v) is 10.0. The predicted octanol–water partition coefficient (Wildman–Crippen LogP) is 3.01. The van der Waals surface area contributed by atoms with E-state index in [4.69, 9.17) is 9.47 Å². The molecule has 0 saturated carbocycles. The van der Waals surface area contributed by atoms with E-state index in [1.807, 2.05) is 30.9 Å². The molecule has 1 aromatic rings. The fraction of sp³-hybridized carbons (Fsp3) is 0.619. The number of piperidine rings is 1. The van der Waals surface area contributed by atoms with Crippen molar-refractivity contribution in [2.24, 2.45) is 5.41 Å². The van der Waals surface area contributed by atoms with Gasteiger partial charge >= 0.3 is 0 Å². The van der Waals surface area contributed by atoms with Crippen LogP contribution in [0.1, 0.15) is 56.3 Å². The molecule has 0 unspecified atom stereocenters. The van der Waals surface area contributed by atoms with Crippen molar-refractivity contribution >= 4 is 11.8 Å². The van der Waals surface area contributed by atoms with Crippen LogP contribution in [0.2, 0.25) is 0 Å². The van der Waals surface area contributed by atoms with E-state index >= 15 is 0 Å². The van der Waals surface area contributed by atoms with Gasteiger partial charge in [0, 0.05) is 31.6 Å². The number of benzene rings is 1. The summed E-state index contributed by atoms with van der Waals surface area (Å²) in [4.78, 5) is 26.5. The lowest BCUT2D eigenvalue weighted by molar-refractivity contribution is -0.121. The van der Waals surface area contributed by atoms with Gasteiger partial charge in [0.05, 0.1) is 13.2 Å². The zero-order valence-corrected chi connectivity index (χ0v) is 16.4. The minimum absolute atomic E-state index is 0.0386. The summed E-state index contributed by atoms with van der Waals surface area (Å²) in [7, 11) is 0. The summed E-state index contributed by atoms with van der Waals surface area (Å²) in [5.74, 6) is 1.48. The van der Waals surface area contributed by atoms with E-state index in [2.05, 4.69) is 5.32 Å². The van der Waals surface area contributed by atoms with Crippen molar-refractivity contribution < 1.29 is 19.1 Å². The molecule has 1 aromatic carbocycles. The minimum atomic E-state index is 0.0386. The third-order valence-electron chi connectivity index (χ3n) is 5.76. The Morgan fingerprint density at radius 1 is 1.07 bits per heavy atom. The molecule has 2 aliphatic rings. The molecule has 27 heavy (non-hydrogen) atoms. The monoisotopic (exact) mass is 374 g/mol. The summed E-state index contributed by atoms with van der Waals surface area (Å²) in [6, 6.07) is 5.42.